The maximum absolute atomic E-state index is 13.0. The molecule has 1 amide bonds. The Balaban J connectivity index is 1.21. The Morgan fingerprint density at radius 2 is 1.61 bits per heavy atom. The number of hydrogen-bond acceptors (Lipinski definition) is 5. The number of fused-ring (bicyclic) bond motifs is 1. The summed E-state index contributed by atoms with van der Waals surface area (Å²) in [6, 6.07) is 14.7. The van der Waals surface area contributed by atoms with Crippen molar-refractivity contribution >= 4 is 11.7 Å². The van der Waals surface area contributed by atoms with E-state index >= 15 is 0 Å². The van der Waals surface area contributed by atoms with Crippen LogP contribution in [0.15, 0.2) is 60.9 Å². The van der Waals surface area contributed by atoms with Crippen molar-refractivity contribution in [3.63, 3.8) is 0 Å². The van der Waals surface area contributed by atoms with Crippen LogP contribution < -0.4 is 9.47 Å². The van der Waals surface area contributed by atoms with E-state index in [1.807, 2.05) is 41.4 Å². The highest BCUT2D eigenvalue weighted by atomic mass is 16.6. The highest BCUT2D eigenvalue weighted by Crippen LogP contribution is 2.32. The molecule has 1 saturated heterocycles. The van der Waals surface area contributed by atoms with Gasteiger partial charge in [0.05, 0.1) is 5.69 Å². The van der Waals surface area contributed by atoms with E-state index < -0.39 is 0 Å². The lowest BCUT2D eigenvalue weighted by Crippen LogP contribution is -2.40. The Kier molecular flexibility index (Phi) is 5.16. The summed E-state index contributed by atoms with van der Waals surface area (Å²) in [5, 5.41) is 4.20. The van der Waals surface area contributed by atoms with Gasteiger partial charge in [-0.1, -0.05) is 0 Å². The molecular formula is C24H23N3O4. The Morgan fingerprint density at radius 1 is 0.903 bits per heavy atom. The van der Waals surface area contributed by atoms with Crippen LogP contribution in [0.25, 0.3) is 5.69 Å². The largest absolute Gasteiger partial charge is 0.486 e. The maximum Gasteiger partial charge on any atom is 0.253 e. The highest BCUT2D eigenvalue weighted by Gasteiger charge is 2.29. The van der Waals surface area contributed by atoms with Crippen LogP contribution in [-0.2, 0) is 0 Å². The first kappa shape index (κ1) is 19.4. The molecule has 1 aromatic heterocycles. The van der Waals surface area contributed by atoms with Crippen molar-refractivity contribution in [2.75, 3.05) is 26.3 Å². The van der Waals surface area contributed by atoms with Crippen LogP contribution in [0, 0.1) is 5.92 Å². The minimum Gasteiger partial charge on any atom is -0.486 e. The summed E-state index contributed by atoms with van der Waals surface area (Å²) in [7, 11) is 0. The zero-order chi connectivity index (χ0) is 21.2. The molecule has 31 heavy (non-hydrogen) atoms. The molecule has 3 heterocycles. The third-order valence-corrected chi connectivity index (χ3v) is 5.86. The number of ether oxygens (including phenoxy) is 2. The smallest absolute Gasteiger partial charge is 0.253 e. The molecule has 0 bridgehead atoms. The Labute approximate surface area is 180 Å². The second kappa shape index (κ2) is 8.26. The number of amides is 1. The lowest BCUT2D eigenvalue weighted by atomic mass is 9.88. The number of benzene rings is 2. The number of carbonyl (C=O) groups excluding carboxylic acids is 2. The molecule has 1 fully saturated rings. The molecule has 7 nitrogen and oxygen atoms in total. The topological polar surface area (TPSA) is 73.7 Å². The van der Waals surface area contributed by atoms with E-state index in [0.29, 0.717) is 61.8 Å². The van der Waals surface area contributed by atoms with E-state index in [-0.39, 0.29) is 17.6 Å². The van der Waals surface area contributed by atoms with Gasteiger partial charge in [-0.3, -0.25) is 9.59 Å². The second-order valence-corrected chi connectivity index (χ2v) is 7.79. The molecule has 7 heteroatoms. The molecule has 5 rings (SSSR count). The summed E-state index contributed by atoms with van der Waals surface area (Å²) in [6.45, 7) is 2.16. The van der Waals surface area contributed by atoms with Gasteiger partial charge in [-0.2, -0.15) is 5.10 Å². The first-order valence-corrected chi connectivity index (χ1v) is 10.5. The van der Waals surface area contributed by atoms with Gasteiger partial charge in [0.2, 0.25) is 0 Å². The van der Waals surface area contributed by atoms with Gasteiger partial charge in [0.1, 0.15) is 13.2 Å². The van der Waals surface area contributed by atoms with Crippen LogP contribution in [0.2, 0.25) is 0 Å². The van der Waals surface area contributed by atoms with Crippen molar-refractivity contribution in [3.8, 4) is 17.2 Å². The normalized spacial score (nSPS) is 16.2. The standard InChI is InChI=1S/C24H23N3O4/c28-23(19-4-7-21-22(16-19)31-15-14-30-21)17-8-12-26(13-9-17)24(29)18-2-5-20(6-3-18)27-11-1-10-25-27/h1-7,10-11,16-17H,8-9,12-15H2. The van der Waals surface area contributed by atoms with Gasteiger partial charge >= 0.3 is 0 Å². The Morgan fingerprint density at radius 3 is 2.32 bits per heavy atom. The monoisotopic (exact) mass is 417 g/mol. The van der Waals surface area contributed by atoms with Crippen molar-refractivity contribution in [2.24, 2.45) is 5.92 Å². The third kappa shape index (κ3) is 3.91. The number of likely N-dealkylation sites (tertiary alicyclic amines) is 1. The van der Waals surface area contributed by atoms with E-state index in [1.54, 1.807) is 29.1 Å². The fourth-order valence-corrected chi connectivity index (χ4v) is 4.14. The van der Waals surface area contributed by atoms with Crippen molar-refractivity contribution in [1.29, 1.82) is 0 Å². The summed E-state index contributed by atoms with van der Waals surface area (Å²) in [5.41, 5.74) is 2.20. The second-order valence-electron chi connectivity index (χ2n) is 7.79. The van der Waals surface area contributed by atoms with Crippen LogP contribution in [0.3, 0.4) is 0 Å². The van der Waals surface area contributed by atoms with Crippen molar-refractivity contribution in [1.82, 2.24) is 14.7 Å². The zero-order valence-electron chi connectivity index (χ0n) is 17.1. The lowest BCUT2D eigenvalue weighted by Gasteiger charge is -2.31. The number of aromatic nitrogens is 2. The van der Waals surface area contributed by atoms with Crippen LogP contribution in [0.1, 0.15) is 33.6 Å². The molecule has 3 aromatic rings. The molecule has 2 aliphatic heterocycles. The van der Waals surface area contributed by atoms with Gasteiger partial charge < -0.3 is 14.4 Å². The molecule has 158 valence electrons. The van der Waals surface area contributed by atoms with Crippen LogP contribution in [0.4, 0.5) is 0 Å². The summed E-state index contributed by atoms with van der Waals surface area (Å²) >= 11 is 0. The minimum atomic E-state index is -0.0891. The molecule has 0 aliphatic carbocycles. The number of hydrogen-bond donors (Lipinski definition) is 0. The van der Waals surface area contributed by atoms with Crippen LogP contribution >= 0.6 is 0 Å². The molecule has 0 atom stereocenters. The number of Topliss-reactive ketones (excluding diaryl/α,β-unsaturated/α-hetero) is 1. The predicted octanol–water partition coefficient (Wildman–Crippen LogP) is 3.38. The van der Waals surface area contributed by atoms with Gasteiger partial charge in [0.15, 0.2) is 17.3 Å². The van der Waals surface area contributed by atoms with E-state index in [0.717, 1.165) is 5.69 Å². The lowest BCUT2D eigenvalue weighted by molar-refractivity contribution is 0.0650. The average Bonchev–Trinajstić information content (AvgIpc) is 3.38. The molecule has 2 aliphatic rings. The maximum atomic E-state index is 13.0. The molecular weight excluding hydrogens is 394 g/mol. The summed E-state index contributed by atoms with van der Waals surface area (Å²) in [4.78, 5) is 27.7. The first-order valence-electron chi connectivity index (χ1n) is 10.5. The molecule has 0 spiro atoms. The van der Waals surface area contributed by atoms with Gasteiger partial charge in [0.25, 0.3) is 5.91 Å². The fraction of sp³-hybridized carbons (Fsp3) is 0.292. The van der Waals surface area contributed by atoms with Crippen molar-refractivity contribution < 1.29 is 19.1 Å². The van der Waals surface area contributed by atoms with Crippen LogP contribution in [0.5, 0.6) is 11.5 Å². The minimum absolute atomic E-state index is 0.00255. The van der Waals surface area contributed by atoms with E-state index in [2.05, 4.69) is 5.10 Å². The van der Waals surface area contributed by atoms with Crippen molar-refractivity contribution in [3.05, 3.63) is 72.1 Å². The quantitative estimate of drug-likeness (QED) is 0.609. The SMILES string of the molecule is O=C(c1ccc2c(c1)OCCO2)C1CCN(C(=O)c2ccc(-n3cccn3)cc2)CC1. The number of rotatable bonds is 4. The summed E-state index contributed by atoms with van der Waals surface area (Å²) in [5.74, 6) is 1.32. The third-order valence-electron chi connectivity index (χ3n) is 5.86. The summed E-state index contributed by atoms with van der Waals surface area (Å²) < 4.78 is 12.9. The molecule has 2 aromatic carbocycles. The molecule has 0 saturated carbocycles. The Hall–Kier alpha value is -3.61. The van der Waals surface area contributed by atoms with Gasteiger partial charge in [0, 0.05) is 42.5 Å². The van der Waals surface area contributed by atoms with Crippen LogP contribution in [-0.4, -0.2) is 52.7 Å². The molecule has 0 radical (unpaired) electrons. The van der Waals surface area contributed by atoms with Gasteiger partial charge in [-0.05, 0) is 61.4 Å². The number of carbonyl (C=O) groups is 2. The Bertz CT molecular complexity index is 1080. The fourth-order valence-electron chi connectivity index (χ4n) is 4.14. The zero-order valence-corrected chi connectivity index (χ0v) is 17.1. The van der Waals surface area contributed by atoms with Gasteiger partial charge in [-0.15, -0.1) is 0 Å². The van der Waals surface area contributed by atoms with Crippen molar-refractivity contribution in [2.45, 2.75) is 12.8 Å². The molecule has 0 N–H and O–H groups in total. The number of piperidine rings is 1. The highest BCUT2D eigenvalue weighted by molar-refractivity contribution is 5.99. The molecule has 0 unspecified atom stereocenters. The van der Waals surface area contributed by atoms with E-state index in [4.69, 9.17) is 9.47 Å². The number of nitrogens with zero attached hydrogens (tertiary/aromatic N) is 3. The van der Waals surface area contributed by atoms with E-state index in [9.17, 15) is 9.59 Å². The average molecular weight is 417 g/mol. The first-order chi connectivity index (χ1) is 15.2. The van der Waals surface area contributed by atoms with E-state index in [1.165, 1.54) is 0 Å². The summed E-state index contributed by atoms with van der Waals surface area (Å²) in [6.07, 6.45) is 4.89. The predicted molar refractivity (Wildman–Crippen MR) is 114 cm³/mol. The van der Waals surface area contributed by atoms with Gasteiger partial charge in [-0.25, -0.2) is 4.68 Å². The number of ketones is 1.